The smallest absolute Gasteiger partial charge is 0.159 e. The third-order valence-electron chi connectivity index (χ3n) is 8.64. The molecule has 0 spiro atoms. The lowest BCUT2D eigenvalue weighted by molar-refractivity contribution is 1.13. The maximum Gasteiger partial charge on any atom is 0.159 e. The van der Waals surface area contributed by atoms with Crippen molar-refractivity contribution in [1.82, 2.24) is 19.1 Å². The summed E-state index contributed by atoms with van der Waals surface area (Å²) in [6.45, 7) is 0. The molecular weight excluding hydrogens is 536 g/mol. The number of aromatic nitrogens is 4. The summed E-state index contributed by atoms with van der Waals surface area (Å²) in [6.07, 6.45) is 5.96. The zero-order chi connectivity index (χ0) is 29.0. The first-order valence-electron chi connectivity index (χ1n) is 14.8. The molecule has 0 aliphatic carbocycles. The normalized spacial score (nSPS) is 11.6. The molecule has 4 heteroatoms. The van der Waals surface area contributed by atoms with Crippen LogP contribution in [-0.2, 0) is 0 Å². The molecular formula is C40H26N4. The number of hydrogen-bond donors (Lipinski definition) is 0. The Kier molecular flexibility index (Phi) is 5.47. The van der Waals surface area contributed by atoms with Crippen molar-refractivity contribution in [3.8, 4) is 33.9 Å². The van der Waals surface area contributed by atoms with Crippen LogP contribution in [0.1, 0.15) is 0 Å². The Morgan fingerprint density at radius 3 is 1.95 bits per heavy atom. The molecule has 4 nitrogen and oxygen atoms in total. The van der Waals surface area contributed by atoms with Crippen molar-refractivity contribution in [2.24, 2.45) is 0 Å². The van der Waals surface area contributed by atoms with E-state index < -0.39 is 0 Å². The van der Waals surface area contributed by atoms with E-state index in [0.717, 1.165) is 28.1 Å². The second kappa shape index (κ2) is 9.79. The second-order valence-electron chi connectivity index (χ2n) is 11.2. The van der Waals surface area contributed by atoms with Gasteiger partial charge in [-0.15, -0.1) is 0 Å². The number of hydrogen-bond acceptors (Lipinski definition) is 2. The molecule has 0 atom stereocenters. The highest BCUT2D eigenvalue weighted by Gasteiger charge is 2.16. The predicted molar refractivity (Wildman–Crippen MR) is 182 cm³/mol. The van der Waals surface area contributed by atoms with Gasteiger partial charge in [0.15, 0.2) is 5.82 Å². The van der Waals surface area contributed by atoms with Gasteiger partial charge in [-0.25, -0.2) is 9.97 Å². The van der Waals surface area contributed by atoms with Gasteiger partial charge < -0.3 is 9.13 Å². The van der Waals surface area contributed by atoms with E-state index in [2.05, 4.69) is 137 Å². The summed E-state index contributed by atoms with van der Waals surface area (Å²) in [5.41, 5.74) is 8.99. The molecule has 0 saturated heterocycles. The first-order chi connectivity index (χ1) is 21.8. The Morgan fingerprint density at radius 1 is 0.432 bits per heavy atom. The molecule has 0 saturated carbocycles. The number of benzene rings is 6. The fraction of sp³-hybridized carbons (Fsp3) is 0. The van der Waals surface area contributed by atoms with E-state index in [1.165, 1.54) is 43.5 Å². The first-order valence-corrected chi connectivity index (χ1v) is 14.8. The predicted octanol–water partition coefficient (Wildman–Crippen LogP) is 10.0. The Hall–Kier alpha value is -6.00. The highest BCUT2D eigenvalue weighted by molar-refractivity contribution is 6.20. The van der Waals surface area contributed by atoms with Crippen LogP contribution >= 0.6 is 0 Å². The van der Waals surface area contributed by atoms with Crippen LogP contribution in [0.3, 0.4) is 0 Å². The van der Waals surface area contributed by atoms with Crippen molar-refractivity contribution < 1.29 is 0 Å². The summed E-state index contributed by atoms with van der Waals surface area (Å²) in [5.74, 6) is 0.717. The third-order valence-corrected chi connectivity index (χ3v) is 8.64. The van der Waals surface area contributed by atoms with Crippen LogP contribution in [0.15, 0.2) is 158 Å². The summed E-state index contributed by atoms with van der Waals surface area (Å²) in [5, 5.41) is 6.17. The quantitative estimate of drug-likeness (QED) is 0.214. The first kappa shape index (κ1) is 24.6. The van der Waals surface area contributed by atoms with Crippen LogP contribution in [0.25, 0.3) is 77.4 Å². The van der Waals surface area contributed by atoms with Crippen LogP contribution in [0, 0.1) is 0 Å². The minimum Gasteiger partial charge on any atom is -0.317 e. The van der Waals surface area contributed by atoms with Crippen molar-refractivity contribution in [1.29, 1.82) is 0 Å². The topological polar surface area (TPSA) is 35.6 Å². The maximum absolute atomic E-state index is 4.69. The van der Waals surface area contributed by atoms with Gasteiger partial charge in [0.25, 0.3) is 0 Å². The average molecular weight is 563 g/mol. The zero-order valence-corrected chi connectivity index (χ0v) is 23.8. The summed E-state index contributed by atoms with van der Waals surface area (Å²) in [4.78, 5) is 9.38. The minimum atomic E-state index is 0.717. The van der Waals surface area contributed by atoms with Gasteiger partial charge in [-0.3, -0.25) is 0 Å². The standard InChI is InChI=1S/C40H26N4/c1-3-9-27(10-4-1)31-25-41-40(42-26-31)28-15-18-33(19-16-28)44-37-14-8-7-13-34(37)35-20-17-29-24-38-30(23-36(29)39(35)44)21-22-43(38)32-11-5-2-6-12-32/h1-26H. The van der Waals surface area contributed by atoms with E-state index in [-0.39, 0.29) is 0 Å². The van der Waals surface area contributed by atoms with Crippen LogP contribution < -0.4 is 0 Å². The summed E-state index contributed by atoms with van der Waals surface area (Å²) in [7, 11) is 0. The van der Waals surface area contributed by atoms with Gasteiger partial charge in [-0.1, -0.05) is 78.9 Å². The molecule has 9 aromatic rings. The van der Waals surface area contributed by atoms with Crippen molar-refractivity contribution in [3.05, 3.63) is 158 Å². The van der Waals surface area contributed by atoms with Crippen LogP contribution in [-0.4, -0.2) is 19.1 Å². The Balaban J connectivity index is 1.19. The number of para-hydroxylation sites is 2. The summed E-state index contributed by atoms with van der Waals surface area (Å²) in [6, 6.07) is 49.4. The SMILES string of the molecule is c1ccc(-c2cnc(-c3ccc(-n4c5ccccc5c5ccc6cc7c(ccn7-c7ccccc7)cc6c54)cc3)nc2)cc1. The molecule has 206 valence electrons. The Morgan fingerprint density at radius 2 is 1.16 bits per heavy atom. The van der Waals surface area contributed by atoms with Crippen LogP contribution in [0.5, 0.6) is 0 Å². The molecule has 0 amide bonds. The molecule has 3 aromatic heterocycles. The van der Waals surface area contributed by atoms with Crippen molar-refractivity contribution >= 4 is 43.5 Å². The number of fused-ring (bicyclic) bond motifs is 6. The molecule has 0 N–H and O–H groups in total. The molecule has 9 rings (SSSR count). The van der Waals surface area contributed by atoms with Gasteiger partial charge in [-0.05, 0) is 71.6 Å². The molecule has 0 fully saturated rings. The lowest BCUT2D eigenvalue weighted by Crippen LogP contribution is -1.96. The Bertz CT molecular complexity index is 2450. The van der Waals surface area contributed by atoms with E-state index in [1.807, 2.05) is 30.6 Å². The van der Waals surface area contributed by atoms with E-state index in [4.69, 9.17) is 9.97 Å². The molecule has 44 heavy (non-hydrogen) atoms. The van der Waals surface area contributed by atoms with Crippen molar-refractivity contribution in [3.63, 3.8) is 0 Å². The largest absolute Gasteiger partial charge is 0.317 e. The lowest BCUT2D eigenvalue weighted by Gasteiger charge is -2.12. The van der Waals surface area contributed by atoms with Crippen molar-refractivity contribution in [2.45, 2.75) is 0 Å². The van der Waals surface area contributed by atoms with Gasteiger partial charge in [0.1, 0.15) is 0 Å². The van der Waals surface area contributed by atoms with Gasteiger partial charge in [0.2, 0.25) is 0 Å². The summed E-state index contributed by atoms with van der Waals surface area (Å²) < 4.78 is 4.66. The monoisotopic (exact) mass is 562 g/mol. The van der Waals surface area contributed by atoms with E-state index in [1.54, 1.807) is 0 Å². The fourth-order valence-corrected chi connectivity index (χ4v) is 6.51. The van der Waals surface area contributed by atoms with E-state index >= 15 is 0 Å². The molecule has 0 aliphatic rings. The Labute approximate surface area is 254 Å². The van der Waals surface area contributed by atoms with Gasteiger partial charge in [-0.2, -0.15) is 0 Å². The molecule has 0 radical (unpaired) electrons. The minimum absolute atomic E-state index is 0.717. The molecule has 0 bridgehead atoms. The number of rotatable bonds is 4. The van der Waals surface area contributed by atoms with Crippen LogP contribution in [0.4, 0.5) is 0 Å². The van der Waals surface area contributed by atoms with E-state index in [9.17, 15) is 0 Å². The molecule has 0 unspecified atom stereocenters. The second-order valence-corrected chi connectivity index (χ2v) is 11.2. The van der Waals surface area contributed by atoms with E-state index in [0.29, 0.717) is 5.82 Å². The molecule has 0 aliphatic heterocycles. The van der Waals surface area contributed by atoms with Gasteiger partial charge in [0, 0.05) is 62.6 Å². The van der Waals surface area contributed by atoms with Gasteiger partial charge >= 0.3 is 0 Å². The molecule has 3 heterocycles. The lowest BCUT2D eigenvalue weighted by atomic mass is 10.0. The maximum atomic E-state index is 4.69. The highest BCUT2D eigenvalue weighted by atomic mass is 15.0. The number of nitrogens with zero attached hydrogens (tertiary/aromatic N) is 4. The van der Waals surface area contributed by atoms with Crippen molar-refractivity contribution in [2.75, 3.05) is 0 Å². The fourth-order valence-electron chi connectivity index (χ4n) is 6.51. The molecule has 6 aromatic carbocycles. The highest BCUT2D eigenvalue weighted by Crippen LogP contribution is 2.38. The average Bonchev–Trinajstić information content (AvgIpc) is 3.67. The summed E-state index contributed by atoms with van der Waals surface area (Å²) >= 11 is 0. The zero-order valence-electron chi connectivity index (χ0n) is 23.8. The van der Waals surface area contributed by atoms with Gasteiger partial charge in [0.05, 0.1) is 16.6 Å². The third kappa shape index (κ3) is 3.85. The van der Waals surface area contributed by atoms with Crippen LogP contribution in [0.2, 0.25) is 0 Å².